The number of nitrogens with zero attached hydrogens (tertiary/aromatic N) is 4. The molecular formula is C16H24N6O2S. The summed E-state index contributed by atoms with van der Waals surface area (Å²) in [5, 5.41) is 10.4. The molecule has 0 spiro atoms. The standard InChI is InChI=1S/C16H24N6O2S/c1-9-11(7-12(23)17-8-13(24)20-16(3,4)5)10(2)22-14(18-9)19-15(21-22)25-6/h7-8H2,1-6H3,(H,17,23)(H,20,24). The van der Waals surface area contributed by atoms with Gasteiger partial charge in [-0.1, -0.05) is 11.8 Å². The van der Waals surface area contributed by atoms with E-state index < -0.39 is 0 Å². The molecule has 0 bridgehead atoms. The average molecular weight is 364 g/mol. The van der Waals surface area contributed by atoms with Crippen LogP contribution in [0.15, 0.2) is 5.16 Å². The molecule has 2 rings (SSSR count). The minimum Gasteiger partial charge on any atom is -0.350 e. The lowest BCUT2D eigenvalue weighted by Gasteiger charge is -2.20. The zero-order valence-electron chi connectivity index (χ0n) is 15.4. The third-order valence-electron chi connectivity index (χ3n) is 3.51. The van der Waals surface area contributed by atoms with Gasteiger partial charge in [-0.15, -0.1) is 5.10 Å². The zero-order valence-corrected chi connectivity index (χ0v) is 16.2. The fraction of sp³-hybridized carbons (Fsp3) is 0.562. The summed E-state index contributed by atoms with van der Waals surface area (Å²) in [5.41, 5.74) is 2.02. The summed E-state index contributed by atoms with van der Waals surface area (Å²) in [6, 6.07) is 0. The third-order valence-corrected chi connectivity index (χ3v) is 4.05. The summed E-state index contributed by atoms with van der Waals surface area (Å²) in [7, 11) is 0. The number of fused-ring (bicyclic) bond motifs is 1. The lowest BCUT2D eigenvalue weighted by atomic mass is 10.1. The van der Waals surface area contributed by atoms with Crippen molar-refractivity contribution in [3.8, 4) is 0 Å². The molecule has 0 saturated carbocycles. The quantitative estimate of drug-likeness (QED) is 0.769. The van der Waals surface area contributed by atoms with Crippen LogP contribution in [0.2, 0.25) is 0 Å². The molecule has 9 heteroatoms. The molecule has 136 valence electrons. The first-order chi connectivity index (χ1) is 11.6. The maximum absolute atomic E-state index is 12.2. The van der Waals surface area contributed by atoms with Gasteiger partial charge in [0.2, 0.25) is 17.0 Å². The van der Waals surface area contributed by atoms with Gasteiger partial charge in [0.05, 0.1) is 13.0 Å². The van der Waals surface area contributed by atoms with Crippen LogP contribution in [0.5, 0.6) is 0 Å². The van der Waals surface area contributed by atoms with Gasteiger partial charge in [-0.3, -0.25) is 9.59 Å². The number of carbonyl (C=O) groups excluding carboxylic acids is 2. The second kappa shape index (κ2) is 7.38. The average Bonchev–Trinajstić information content (AvgIpc) is 2.91. The molecule has 2 N–H and O–H groups in total. The number of hydrogen-bond donors (Lipinski definition) is 2. The Bertz CT molecular complexity index is 809. The van der Waals surface area contributed by atoms with Crippen molar-refractivity contribution in [2.45, 2.75) is 51.7 Å². The number of hydrogen-bond acceptors (Lipinski definition) is 6. The molecule has 0 aliphatic rings. The molecule has 0 aromatic carbocycles. The van der Waals surface area contributed by atoms with Gasteiger partial charge in [0, 0.05) is 22.5 Å². The highest BCUT2D eigenvalue weighted by atomic mass is 32.2. The van der Waals surface area contributed by atoms with E-state index in [-0.39, 0.29) is 30.3 Å². The van der Waals surface area contributed by atoms with E-state index in [1.165, 1.54) is 11.8 Å². The molecule has 25 heavy (non-hydrogen) atoms. The van der Waals surface area contributed by atoms with Gasteiger partial charge in [-0.05, 0) is 40.9 Å². The van der Waals surface area contributed by atoms with E-state index in [0.29, 0.717) is 10.9 Å². The fourth-order valence-electron chi connectivity index (χ4n) is 2.40. The fourth-order valence-corrected chi connectivity index (χ4v) is 2.73. The summed E-state index contributed by atoms with van der Waals surface area (Å²) in [6.45, 7) is 9.35. The lowest BCUT2D eigenvalue weighted by molar-refractivity contribution is -0.126. The van der Waals surface area contributed by atoms with E-state index in [4.69, 9.17) is 0 Å². The Balaban J connectivity index is 2.09. The highest BCUT2D eigenvalue weighted by Crippen LogP contribution is 2.17. The van der Waals surface area contributed by atoms with Crippen LogP contribution >= 0.6 is 11.8 Å². The first-order valence-corrected chi connectivity index (χ1v) is 9.17. The van der Waals surface area contributed by atoms with E-state index in [0.717, 1.165) is 17.0 Å². The normalized spacial score (nSPS) is 11.6. The van der Waals surface area contributed by atoms with Crippen molar-refractivity contribution < 1.29 is 9.59 Å². The number of aromatic nitrogens is 4. The van der Waals surface area contributed by atoms with Gasteiger partial charge < -0.3 is 10.6 Å². The largest absolute Gasteiger partial charge is 0.350 e. The van der Waals surface area contributed by atoms with Crippen LogP contribution in [0.1, 0.15) is 37.7 Å². The Hall–Kier alpha value is -2.16. The number of thioether (sulfide) groups is 1. The van der Waals surface area contributed by atoms with Gasteiger partial charge >= 0.3 is 0 Å². The smallest absolute Gasteiger partial charge is 0.253 e. The van der Waals surface area contributed by atoms with E-state index in [2.05, 4.69) is 25.7 Å². The highest BCUT2D eigenvalue weighted by Gasteiger charge is 2.17. The summed E-state index contributed by atoms with van der Waals surface area (Å²) in [6.07, 6.45) is 2.03. The van der Waals surface area contributed by atoms with Gasteiger partial charge in [-0.2, -0.15) is 4.98 Å². The van der Waals surface area contributed by atoms with Crippen LogP contribution < -0.4 is 10.6 Å². The molecule has 0 radical (unpaired) electrons. The van der Waals surface area contributed by atoms with E-state index >= 15 is 0 Å². The van der Waals surface area contributed by atoms with Crippen molar-refractivity contribution in [3.63, 3.8) is 0 Å². The van der Waals surface area contributed by atoms with Crippen LogP contribution in [0.25, 0.3) is 5.78 Å². The molecule has 0 unspecified atom stereocenters. The van der Waals surface area contributed by atoms with Gasteiger partial charge in [0.25, 0.3) is 5.78 Å². The van der Waals surface area contributed by atoms with Crippen molar-refractivity contribution in [2.24, 2.45) is 0 Å². The maximum Gasteiger partial charge on any atom is 0.253 e. The molecule has 0 saturated heterocycles. The summed E-state index contributed by atoms with van der Waals surface area (Å²) < 4.78 is 1.65. The Morgan fingerprint density at radius 1 is 1.16 bits per heavy atom. The van der Waals surface area contributed by atoms with Crippen LogP contribution in [-0.4, -0.2) is 49.7 Å². The molecular weight excluding hydrogens is 340 g/mol. The van der Waals surface area contributed by atoms with Crippen molar-refractivity contribution in [3.05, 3.63) is 17.0 Å². The second-order valence-electron chi connectivity index (χ2n) is 6.82. The van der Waals surface area contributed by atoms with E-state index in [1.54, 1.807) is 4.52 Å². The Kier molecular flexibility index (Phi) is 5.66. The predicted molar refractivity (Wildman–Crippen MR) is 96.6 cm³/mol. The highest BCUT2D eigenvalue weighted by molar-refractivity contribution is 7.98. The lowest BCUT2D eigenvalue weighted by Crippen LogP contribution is -2.46. The minimum atomic E-state index is -0.327. The van der Waals surface area contributed by atoms with Crippen molar-refractivity contribution in [1.29, 1.82) is 0 Å². The summed E-state index contributed by atoms with van der Waals surface area (Å²) in [5.74, 6) is 0.0680. The Labute approximate surface area is 151 Å². The van der Waals surface area contributed by atoms with Crippen LogP contribution in [-0.2, 0) is 16.0 Å². The van der Waals surface area contributed by atoms with Crippen LogP contribution in [0.4, 0.5) is 0 Å². The Morgan fingerprint density at radius 2 is 1.84 bits per heavy atom. The van der Waals surface area contributed by atoms with E-state index in [9.17, 15) is 9.59 Å². The number of amides is 2. The van der Waals surface area contributed by atoms with Crippen molar-refractivity contribution in [1.82, 2.24) is 30.2 Å². The third kappa shape index (κ3) is 4.91. The second-order valence-corrected chi connectivity index (χ2v) is 7.60. The topological polar surface area (TPSA) is 101 Å². The molecule has 0 fully saturated rings. The van der Waals surface area contributed by atoms with Crippen molar-refractivity contribution >= 4 is 29.4 Å². The van der Waals surface area contributed by atoms with Crippen LogP contribution in [0.3, 0.4) is 0 Å². The number of aryl methyl sites for hydroxylation is 2. The summed E-state index contributed by atoms with van der Waals surface area (Å²) >= 11 is 1.44. The SMILES string of the molecule is CSc1nc2nc(C)c(CC(=O)NCC(=O)NC(C)(C)C)c(C)n2n1. The first kappa shape index (κ1) is 19.2. The molecule has 0 atom stereocenters. The molecule has 2 heterocycles. The molecule has 8 nitrogen and oxygen atoms in total. The number of nitrogens with one attached hydrogen (secondary N) is 2. The first-order valence-electron chi connectivity index (χ1n) is 7.95. The molecule has 0 aliphatic carbocycles. The zero-order chi connectivity index (χ0) is 18.8. The monoisotopic (exact) mass is 364 g/mol. The maximum atomic E-state index is 12.2. The van der Waals surface area contributed by atoms with Crippen molar-refractivity contribution in [2.75, 3.05) is 12.8 Å². The summed E-state index contributed by atoms with van der Waals surface area (Å²) in [4.78, 5) is 32.7. The number of rotatable bonds is 5. The molecule has 2 aromatic heterocycles. The number of carbonyl (C=O) groups is 2. The van der Waals surface area contributed by atoms with Gasteiger partial charge in [-0.25, -0.2) is 9.50 Å². The van der Waals surface area contributed by atoms with Gasteiger partial charge in [0.15, 0.2) is 0 Å². The predicted octanol–water partition coefficient (Wildman–Crippen LogP) is 1.04. The molecule has 2 aromatic rings. The van der Waals surface area contributed by atoms with E-state index in [1.807, 2.05) is 40.9 Å². The molecule has 2 amide bonds. The minimum absolute atomic E-state index is 0.0518. The molecule has 0 aliphatic heterocycles. The Morgan fingerprint density at radius 3 is 2.44 bits per heavy atom. The van der Waals surface area contributed by atoms with Gasteiger partial charge in [0.1, 0.15) is 0 Å². The van der Waals surface area contributed by atoms with Crippen LogP contribution in [0, 0.1) is 13.8 Å².